The van der Waals surface area contributed by atoms with Gasteiger partial charge in [0.1, 0.15) is 0 Å². The van der Waals surface area contributed by atoms with Gasteiger partial charge in [-0.25, -0.2) is 25.6 Å². The average Bonchev–Trinajstić information content (AvgIpc) is 2.71. The van der Waals surface area contributed by atoms with Crippen molar-refractivity contribution < 1.29 is 30.4 Å². The summed E-state index contributed by atoms with van der Waals surface area (Å²) in [6.07, 6.45) is 1.52. The number of hydrogen-bond donors (Lipinski definition) is 2. The lowest BCUT2D eigenvalue weighted by Gasteiger charge is -2.30. The van der Waals surface area contributed by atoms with Crippen LogP contribution in [0.25, 0.3) is 0 Å². The summed E-state index contributed by atoms with van der Waals surface area (Å²) >= 11 is 0. The number of piperidine rings is 1. The van der Waals surface area contributed by atoms with E-state index in [-0.39, 0.29) is 36.7 Å². The lowest BCUT2D eigenvalue weighted by molar-refractivity contribution is -0.120. The minimum atomic E-state index is -4.01. The van der Waals surface area contributed by atoms with Crippen LogP contribution in [0.4, 0.5) is 20.2 Å². The summed E-state index contributed by atoms with van der Waals surface area (Å²) in [5, 5.41) is 2.73. The molecular formula is C20H23F2N3O5S2. The van der Waals surface area contributed by atoms with Crippen molar-refractivity contribution in [2.24, 2.45) is 5.92 Å². The number of hydrogen-bond acceptors (Lipinski definition) is 5. The van der Waals surface area contributed by atoms with E-state index in [1.165, 1.54) is 6.07 Å². The number of rotatable bonds is 6. The molecule has 1 saturated heterocycles. The van der Waals surface area contributed by atoms with Gasteiger partial charge in [0.25, 0.3) is 0 Å². The van der Waals surface area contributed by atoms with Gasteiger partial charge in [-0.3, -0.25) is 9.52 Å². The Labute approximate surface area is 185 Å². The lowest BCUT2D eigenvalue weighted by atomic mass is 9.97. The number of carbonyl (C=O) groups excluding carboxylic acids is 1. The van der Waals surface area contributed by atoms with E-state index in [1.807, 2.05) is 0 Å². The summed E-state index contributed by atoms with van der Waals surface area (Å²) in [6.45, 7) is 1.82. The molecule has 0 aliphatic carbocycles. The zero-order chi connectivity index (χ0) is 23.7. The molecule has 3 rings (SSSR count). The Hall–Kier alpha value is -2.57. The summed E-state index contributed by atoms with van der Waals surface area (Å²) in [6, 6.07) is 7.23. The third-order valence-electron chi connectivity index (χ3n) is 5.15. The number of sulfonamides is 2. The number of nitrogens with one attached hydrogen (secondary N) is 2. The molecule has 0 spiro atoms. The first kappa shape index (κ1) is 24.1. The van der Waals surface area contributed by atoms with Gasteiger partial charge >= 0.3 is 0 Å². The summed E-state index contributed by atoms with van der Waals surface area (Å²) in [5.74, 6) is -3.16. The van der Waals surface area contributed by atoms with Gasteiger partial charge in [0, 0.05) is 24.7 Å². The van der Waals surface area contributed by atoms with E-state index in [2.05, 4.69) is 10.0 Å². The van der Waals surface area contributed by atoms with Crippen LogP contribution in [-0.4, -0.2) is 46.4 Å². The monoisotopic (exact) mass is 487 g/mol. The number of halogens is 2. The van der Waals surface area contributed by atoms with E-state index in [0.717, 1.165) is 22.7 Å². The Balaban J connectivity index is 1.64. The molecule has 1 amide bonds. The zero-order valence-corrected chi connectivity index (χ0v) is 19.1. The first-order valence-electron chi connectivity index (χ1n) is 9.71. The normalized spacial score (nSPS) is 16.0. The second-order valence-electron chi connectivity index (χ2n) is 7.65. The Morgan fingerprint density at radius 3 is 2.25 bits per heavy atom. The number of benzene rings is 2. The first-order chi connectivity index (χ1) is 14.9. The molecule has 2 N–H and O–H groups in total. The molecule has 2 aromatic rings. The maximum Gasteiger partial charge on any atom is 0.243 e. The second kappa shape index (κ2) is 9.12. The van der Waals surface area contributed by atoms with Crippen molar-refractivity contribution in [3.8, 4) is 0 Å². The predicted molar refractivity (Wildman–Crippen MR) is 116 cm³/mol. The van der Waals surface area contributed by atoms with Crippen LogP contribution in [0.2, 0.25) is 0 Å². The molecule has 1 heterocycles. The summed E-state index contributed by atoms with van der Waals surface area (Å²) in [5.41, 5.74) is 1.44. The highest BCUT2D eigenvalue weighted by atomic mass is 32.2. The number of anilines is 2. The quantitative estimate of drug-likeness (QED) is 0.651. The molecule has 0 atom stereocenters. The Morgan fingerprint density at radius 1 is 1.00 bits per heavy atom. The van der Waals surface area contributed by atoms with Gasteiger partial charge < -0.3 is 5.32 Å². The molecule has 0 radical (unpaired) electrons. The van der Waals surface area contributed by atoms with E-state index in [4.69, 9.17) is 0 Å². The maximum absolute atomic E-state index is 13.4. The Morgan fingerprint density at radius 2 is 1.66 bits per heavy atom. The molecule has 0 aromatic heterocycles. The molecule has 1 fully saturated rings. The highest BCUT2D eigenvalue weighted by Crippen LogP contribution is 2.27. The maximum atomic E-state index is 13.4. The smallest absolute Gasteiger partial charge is 0.243 e. The Kier molecular flexibility index (Phi) is 6.86. The molecule has 1 aliphatic rings. The van der Waals surface area contributed by atoms with E-state index in [9.17, 15) is 30.4 Å². The molecule has 12 heteroatoms. The largest absolute Gasteiger partial charge is 0.326 e. The highest BCUT2D eigenvalue weighted by Gasteiger charge is 2.32. The number of nitrogens with zero attached hydrogens (tertiary/aromatic N) is 1. The fourth-order valence-electron chi connectivity index (χ4n) is 3.40. The van der Waals surface area contributed by atoms with Crippen molar-refractivity contribution in [3.63, 3.8) is 0 Å². The van der Waals surface area contributed by atoms with Crippen molar-refractivity contribution in [1.29, 1.82) is 0 Å². The molecule has 0 saturated carbocycles. The molecule has 0 bridgehead atoms. The van der Waals surface area contributed by atoms with Gasteiger partial charge in [0.2, 0.25) is 26.0 Å². The van der Waals surface area contributed by atoms with Gasteiger partial charge in [-0.05, 0) is 55.7 Å². The van der Waals surface area contributed by atoms with Crippen molar-refractivity contribution in [2.45, 2.75) is 24.7 Å². The fourth-order valence-corrected chi connectivity index (χ4v) is 5.50. The zero-order valence-electron chi connectivity index (χ0n) is 17.4. The third-order valence-corrected chi connectivity index (χ3v) is 7.64. The average molecular weight is 488 g/mol. The Bertz CT molecular complexity index is 1240. The number of carbonyl (C=O) groups is 1. The van der Waals surface area contributed by atoms with Crippen molar-refractivity contribution >= 4 is 37.3 Å². The predicted octanol–water partition coefficient (Wildman–Crippen LogP) is 2.68. The van der Waals surface area contributed by atoms with E-state index in [0.29, 0.717) is 23.0 Å². The van der Waals surface area contributed by atoms with Gasteiger partial charge in [-0.1, -0.05) is 6.07 Å². The molecule has 0 unspecified atom stereocenters. The van der Waals surface area contributed by atoms with Crippen molar-refractivity contribution in [1.82, 2.24) is 4.31 Å². The van der Waals surface area contributed by atoms with Crippen LogP contribution in [0.15, 0.2) is 41.3 Å². The number of aryl methyl sites for hydroxylation is 1. The van der Waals surface area contributed by atoms with E-state index in [1.54, 1.807) is 19.1 Å². The van der Waals surface area contributed by atoms with Crippen LogP contribution in [0.5, 0.6) is 0 Å². The topological polar surface area (TPSA) is 113 Å². The SMILES string of the molecule is Cc1ccc(NC(=O)C2CCN(S(=O)(=O)c3ccc(F)c(F)c3)CC2)cc1NS(C)(=O)=O. The molecular weight excluding hydrogens is 464 g/mol. The fraction of sp³-hybridized carbons (Fsp3) is 0.350. The lowest BCUT2D eigenvalue weighted by Crippen LogP contribution is -2.41. The second-order valence-corrected chi connectivity index (χ2v) is 11.3. The molecule has 8 nitrogen and oxygen atoms in total. The minimum Gasteiger partial charge on any atom is -0.326 e. The molecule has 1 aliphatic heterocycles. The number of amides is 1. The van der Waals surface area contributed by atoms with Gasteiger partial charge in [0.15, 0.2) is 11.6 Å². The summed E-state index contributed by atoms with van der Waals surface area (Å²) in [4.78, 5) is 12.3. The van der Waals surface area contributed by atoms with Crippen LogP contribution >= 0.6 is 0 Å². The van der Waals surface area contributed by atoms with Crippen LogP contribution in [0, 0.1) is 24.5 Å². The van der Waals surface area contributed by atoms with Gasteiger partial charge in [-0.2, -0.15) is 4.31 Å². The molecule has 32 heavy (non-hydrogen) atoms. The minimum absolute atomic E-state index is 0.0498. The molecule has 174 valence electrons. The van der Waals surface area contributed by atoms with E-state index >= 15 is 0 Å². The summed E-state index contributed by atoms with van der Waals surface area (Å²) < 4.78 is 78.4. The van der Waals surface area contributed by atoms with Gasteiger partial charge in [-0.15, -0.1) is 0 Å². The summed E-state index contributed by atoms with van der Waals surface area (Å²) in [7, 11) is -7.49. The first-order valence-corrected chi connectivity index (χ1v) is 13.0. The van der Waals surface area contributed by atoms with Gasteiger partial charge in [0.05, 0.1) is 16.8 Å². The van der Waals surface area contributed by atoms with Crippen LogP contribution in [-0.2, 0) is 24.8 Å². The van der Waals surface area contributed by atoms with Crippen molar-refractivity contribution in [2.75, 3.05) is 29.4 Å². The van der Waals surface area contributed by atoms with Crippen LogP contribution in [0.1, 0.15) is 18.4 Å². The molecule has 2 aromatic carbocycles. The van der Waals surface area contributed by atoms with E-state index < -0.39 is 37.6 Å². The highest BCUT2D eigenvalue weighted by molar-refractivity contribution is 7.92. The van der Waals surface area contributed by atoms with Crippen LogP contribution < -0.4 is 10.0 Å². The van der Waals surface area contributed by atoms with Crippen LogP contribution in [0.3, 0.4) is 0 Å². The standard InChI is InChI=1S/C20H23F2N3O5S2/c1-13-3-4-15(11-19(13)24-31(2,27)28)23-20(26)14-7-9-25(10-8-14)32(29,30)16-5-6-17(21)18(22)12-16/h3-6,11-12,14,24H,7-10H2,1-2H3,(H,23,26). The third kappa shape index (κ3) is 5.61. The van der Waals surface area contributed by atoms with Crippen molar-refractivity contribution in [3.05, 3.63) is 53.6 Å².